The Bertz CT molecular complexity index is 665. The van der Waals surface area contributed by atoms with E-state index >= 15 is 0 Å². The number of hydrogen-bond acceptors (Lipinski definition) is 4. The average Bonchev–Trinajstić information content (AvgIpc) is 2.91. The lowest BCUT2D eigenvalue weighted by Gasteiger charge is -2.31. The first kappa shape index (κ1) is 16.9. The molecule has 1 aliphatic heterocycles. The molecular formula is C17H25NO4S. The minimum absolute atomic E-state index is 0.215. The largest absolute Gasteiger partial charge is 0.347 e. The van der Waals surface area contributed by atoms with Crippen LogP contribution < -0.4 is 4.72 Å². The van der Waals surface area contributed by atoms with Gasteiger partial charge in [-0.25, -0.2) is 13.1 Å². The van der Waals surface area contributed by atoms with Crippen molar-refractivity contribution in [1.82, 2.24) is 4.72 Å². The summed E-state index contributed by atoms with van der Waals surface area (Å²) in [6, 6.07) is 5.44. The molecule has 128 valence electrons. The second kappa shape index (κ2) is 6.51. The number of sulfonamides is 1. The van der Waals surface area contributed by atoms with Gasteiger partial charge < -0.3 is 9.47 Å². The molecule has 0 radical (unpaired) electrons. The zero-order chi connectivity index (χ0) is 16.5. The zero-order valence-electron chi connectivity index (χ0n) is 13.8. The van der Waals surface area contributed by atoms with Crippen LogP contribution in [0.2, 0.25) is 0 Å². The molecule has 1 saturated heterocycles. The smallest absolute Gasteiger partial charge is 0.240 e. The molecule has 1 atom stereocenters. The van der Waals surface area contributed by atoms with Crippen molar-refractivity contribution < 1.29 is 17.9 Å². The van der Waals surface area contributed by atoms with Crippen molar-refractivity contribution in [2.24, 2.45) is 0 Å². The summed E-state index contributed by atoms with van der Waals surface area (Å²) in [5.74, 6) is -0.465. The Hall–Kier alpha value is -0.950. The Balaban J connectivity index is 1.63. The van der Waals surface area contributed by atoms with Gasteiger partial charge >= 0.3 is 0 Å². The van der Waals surface area contributed by atoms with E-state index in [1.54, 1.807) is 13.0 Å². The second-order valence-electron chi connectivity index (χ2n) is 6.64. The number of rotatable bonds is 4. The van der Waals surface area contributed by atoms with E-state index in [2.05, 4.69) is 4.72 Å². The van der Waals surface area contributed by atoms with Crippen LogP contribution in [0, 0.1) is 13.8 Å². The van der Waals surface area contributed by atoms with Crippen molar-refractivity contribution in [2.75, 3.05) is 13.2 Å². The summed E-state index contributed by atoms with van der Waals surface area (Å²) in [5, 5.41) is 0. The standard InChI is InChI=1S/C17H25NO4S/c1-13-6-7-14(2)16(10-13)23(19,20)18-11-15-12-21-17(22-15)8-4-3-5-9-17/h6-7,10,15,18H,3-5,8-9,11-12H2,1-2H3/t15-/m0/s1. The maximum atomic E-state index is 12.5. The van der Waals surface area contributed by atoms with Crippen molar-refractivity contribution in [3.63, 3.8) is 0 Å². The maximum Gasteiger partial charge on any atom is 0.240 e. The molecule has 2 fully saturated rings. The van der Waals surface area contributed by atoms with E-state index in [4.69, 9.17) is 9.47 Å². The molecular weight excluding hydrogens is 314 g/mol. The van der Waals surface area contributed by atoms with Gasteiger partial charge in [-0.2, -0.15) is 0 Å². The fourth-order valence-corrected chi connectivity index (χ4v) is 4.74. The van der Waals surface area contributed by atoms with Crippen LogP contribution in [-0.2, 0) is 19.5 Å². The fraction of sp³-hybridized carbons (Fsp3) is 0.647. The first-order valence-corrected chi connectivity index (χ1v) is 9.77. The third-order valence-electron chi connectivity index (χ3n) is 4.66. The summed E-state index contributed by atoms with van der Waals surface area (Å²) in [6.07, 6.45) is 5.05. The van der Waals surface area contributed by atoms with Gasteiger partial charge in [-0.1, -0.05) is 18.6 Å². The Morgan fingerprint density at radius 1 is 1.22 bits per heavy atom. The lowest BCUT2D eigenvalue weighted by atomic mass is 9.94. The minimum atomic E-state index is -3.53. The SMILES string of the molecule is Cc1ccc(C)c(S(=O)(=O)NC[C@H]2COC3(CCCCC3)O2)c1. The fourth-order valence-electron chi connectivity index (χ4n) is 3.35. The second-order valence-corrected chi connectivity index (χ2v) is 8.38. The lowest BCUT2D eigenvalue weighted by molar-refractivity contribution is -0.186. The van der Waals surface area contributed by atoms with Gasteiger partial charge in [0.2, 0.25) is 10.0 Å². The summed E-state index contributed by atoms with van der Waals surface area (Å²) in [4.78, 5) is 0.337. The van der Waals surface area contributed by atoms with Crippen LogP contribution in [0.4, 0.5) is 0 Å². The molecule has 0 amide bonds. The average molecular weight is 339 g/mol. The van der Waals surface area contributed by atoms with E-state index in [1.807, 2.05) is 19.1 Å². The third-order valence-corrected chi connectivity index (χ3v) is 6.23. The number of aryl methyl sites for hydroxylation is 2. The number of benzene rings is 1. The van der Waals surface area contributed by atoms with E-state index in [1.165, 1.54) is 6.42 Å². The van der Waals surface area contributed by atoms with Crippen LogP contribution in [0.5, 0.6) is 0 Å². The highest BCUT2D eigenvalue weighted by Crippen LogP contribution is 2.37. The molecule has 1 spiro atoms. The van der Waals surface area contributed by atoms with Gasteiger partial charge in [0.1, 0.15) is 0 Å². The van der Waals surface area contributed by atoms with E-state index in [0.717, 1.165) is 36.8 Å². The van der Waals surface area contributed by atoms with Crippen molar-refractivity contribution in [2.45, 2.75) is 62.7 Å². The van der Waals surface area contributed by atoms with E-state index in [9.17, 15) is 8.42 Å². The van der Waals surface area contributed by atoms with E-state index in [0.29, 0.717) is 11.5 Å². The maximum absolute atomic E-state index is 12.5. The van der Waals surface area contributed by atoms with Crippen molar-refractivity contribution in [3.8, 4) is 0 Å². The predicted octanol–water partition coefficient (Wildman–Crippen LogP) is 2.66. The monoisotopic (exact) mass is 339 g/mol. The highest BCUT2D eigenvalue weighted by Gasteiger charge is 2.42. The molecule has 23 heavy (non-hydrogen) atoms. The molecule has 1 saturated carbocycles. The lowest BCUT2D eigenvalue weighted by Crippen LogP contribution is -2.37. The van der Waals surface area contributed by atoms with Crippen molar-refractivity contribution in [1.29, 1.82) is 0 Å². The molecule has 3 rings (SSSR count). The molecule has 0 unspecified atom stereocenters. The van der Waals surface area contributed by atoms with Crippen LogP contribution in [0.1, 0.15) is 43.2 Å². The van der Waals surface area contributed by atoms with Crippen LogP contribution in [0.25, 0.3) is 0 Å². The molecule has 0 aromatic heterocycles. The molecule has 6 heteroatoms. The van der Waals surface area contributed by atoms with Gasteiger partial charge in [0.15, 0.2) is 5.79 Å². The van der Waals surface area contributed by atoms with E-state index < -0.39 is 15.8 Å². The first-order chi connectivity index (χ1) is 10.9. The van der Waals surface area contributed by atoms with Gasteiger partial charge in [-0.3, -0.25) is 0 Å². The van der Waals surface area contributed by atoms with Crippen LogP contribution >= 0.6 is 0 Å². The molecule has 1 N–H and O–H groups in total. The van der Waals surface area contributed by atoms with Crippen LogP contribution in [0.15, 0.2) is 23.1 Å². The normalized spacial score (nSPS) is 24.2. The molecule has 1 aromatic carbocycles. The minimum Gasteiger partial charge on any atom is -0.347 e. The van der Waals surface area contributed by atoms with Gasteiger partial charge in [0, 0.05) is 19.4 Å². The summed E-state index contributed by atoms with van der Waals surface area (Å²) in [5.41, 5.74) is 1.67. The van der Waals surface area contributed by atoms with Gasteiger partial charge in [-0.05, 0) is 43.9 Å². The molecule has 1 aromatic rings. The van der Waals surface area contributed by atoms with Crippen LogP contribution in [-0.4, -0.2) is 33.5 Å². The molecule has 2 aliphatic rings. The summed E-state index contributed by atoms with van der Waals surface area (Å²) >= 11 is 0. The third kappa shape index (κ3) is 3.76. The Morgan fingerprint density at radius 2 is 1.96 bits per heavy atom. The molecule has 0 bridgehead atoms. The zero-order valence-corrected chi connectivity index (χ0v) is 14.6. The van der Waals surface area contributed by atoms with Gasteiger partial charge in [0.25, 0.3) is 0 Å². The highest BCUT2D eigenvalue weighted by atomic mass is 32.2. The van der Waals surface area contributed by atoms with Gasteiger partial charge in [-0.15, -0.1) is 0 Å². The molecule has 1 heterocycles. The predicted molar refractivity (Wildman–Crippen MR) is 87.7 cm³/mol. The number of nitrogens with one attached hydrogen (secondary N) is 1. The van der Waals surface area contributed by atoms with Crippen LogP contribution in [0.3, 0.4) is 0 Å². The summed E-state index contributed by atoms with van der Waals surface area (Å²) in [7, 11) is -3.53. The Kier molecular flexibility index (Phi) is 4.78. The van der Waals surface area contributed by atoms with Gasteiger partial charge in [0.05, 0.1) is 17.6 Å². The first-order valence-electron chi connectivity index (χ1n) is 8.29. The molecule has 1 aliphatic carbocycles. The van der Waals surface area contributed by atoms with Crippen molar-refractivity contribution in [3.05, 3.63) is 29.3 Å². The summed E-state index contributed by atoms with van der Waals surface area (Å²) < 4.78 is 39.6. The van der Waals surface area contributed by atoms with Crippen molar-refractivity contribution >= 4 is 10.0 Å². The Labute approximate surface area is 138 Å². The highest BCUT2D eigenvalue weighted by molar-refractivity contribution is 7.89. The topological polar surface area (TPSA) is 64.6 Å². The number of hydrogen-bond donors (Lipinski definition) is 1. The number of ether oxygens (including phenoxy) is 2. The van der Waals surface area contributed by atoms with E-state index in [-0.39, 0.29) is 12.6 Å². The quantitative estimate of drug-likeness (QED) is 0.916. The Morgan fingerprint density at radius 3 is 2.70 bits per heavy atom. The summed E-state index contributed by atoms with van der Waals surface area (Å²) in [6.45, 7) is 4.40. The molecule has 5 nitrogen and oxygen atoms in total.